The zero-order valence-electron chi connectivity index (χ0n) is 10.7. The maximum atomic E-state index is 6.20. The van der Waals surface area contributed by atoms with Crippen molar-refractivity contribution < 1.29 is 4.42 Å². The first kappa shape index (κ1) is 12.6. The van der Waals surface area contributed by atoms with E-state index in [1.807, 2.05) is 29.6 Å². The number of nitrogens with zero attached hydrogens (tertiary/aromatic N) is 1. The van der Waals surface area contributed by atoms with Crippen LogP contribution in [0.4, 0.5) is 0 Å². The summed E-state index contributed by atoms with van der Waals surface area (Å²) in [5, 5.41) is 4.13. The van der Waals surface area contributed by atoms with Crippen molar-refractivity contribution in [1.29, 1.82) is 0 Å². The van der Waals surface area contributed by atoms with Gasteiger partial charge in [-0.05, 0) is 43.0 Å². The Bertz CT molecular complexity index is 775. The molecule has 20 heavy (non-hydrogen) atoms. The third-order valence-corrected chi connectivity index (χ3v) is 5.11. The molecule has 4 rings (SSSR count). The lowest BCUT2D eigenvalue weighted by Crippen LogP contribution is -2.11. The van der Waals surface area contributed by atoms with E-state index >= 15 is 0 Å². The van der Waals surface area contributed by atoms with E-state index in [1.54, 1.807) is 11.3 Å². The molecule has 1 atom stereocenters. The number of nitrogens with two attached hydrogens (primary N) is 1. The van der Waals surface area contributed by atoms with Crippen molar-refractivity contribution in [3.8, 4) is 11.5 Å². The van der Waals surface area contributed by atoms with Crippen LogP contribution in [0.15, 0.2) is 38.5 Å². The van der Waals surface area contributed by atoms with Gasteiger partial charge in [-0.1, -0.05) is 15.9 Å². The second-order valence-electron chi connectivity index (χ2n) is 5.23. The summed E-state index contributed by atoms with van der Waals surface area (Å²) in [5.41, 5.74) is 7.96. The first-order chi connectivity index (χ1) is 9.70. The van der Waals surface area contributed by atoms with Crippen LogP contribution in [-0.4, -0.2) is 4.98 Å². The minimum Gasteiger partial charge on any atom is -0.454 e. The van der Waals surface area contributed by atoms with Gasteiger partial charge in [0, 0.05) is 15.2 Å². The Labute approximate surface area is 128 Å². The van der Waals surface area contributed by atoms with Gasteiger partial charge in [0.15, 0.2) is 5.76 Å². The fraction of sp³-hybridized carbons (Fsp3) is 0.267. The average molecular weight is 349 g/mol. The topological polar surface area (TPSA) is 52.0 Å². The molecule has 2 N–H and O–H groups in total. The van der Waals surface area contributed by atoms with Crippen molar-refractivity contribution in [3.05, 3.63) is 39.1 Å². The smallest absolute Gasteiger partial charge is 0.154 e. The number of fused-ring (bicyclic) bond motifs is 1. The van der Waals surface area contributed by atoms with Gasteiger partial charge in [0.2, 0.25) is 0 Å². The summed E-state index contributed by atoms with van der Waals surface area (Å²) in [4.78, 5) is 4.65. The molecule has 0 radical (unpaired) electrons. The highest BCUT2D eigenvalue weighted by Gasteiger charge is 2.31. The monoisotopic (exact) mass is 348 g/mol. The Hall–Kier alpha value is -1.17. The van der Waals surface area contributed by atoms with Gasteiger partial charge in [0.05, 0.1) is 6.04 Å². The summed E-state index contributed by atoms with van der Waals surface area (Å²) < 4.78 is 6.91. The summed E-state index contributed by atoms with van der Waals surface area (Å²) in [6.45, 7) is 0. The molecule has 5 heteroatoms. The summed E-state index contributed by atoms with van der Waals surface area (Å²) in [6.07, 6.45) is 2.46. The number of furan rings is 1. The molecule has 0 bridgehead atoms. The largest absolute Gasteiger partial charge is 0.454 e. The molecule has 0 spiro atoms. The lowest BCUT2D eigenvalue weighted by molar-refractivity contribution is 0.618. The minimum atomic E-state index is 0.0901. The predicted octanol–water partition coefficient (Wildman–Crippen LogP) is 4.73. The Morgan fingerprint density at radius 3 is 3.00 bits per heavy atom. The molecule has 1 aliphatic carbocycles. The summed E-state index contributed by atoms with van der Waals surface area (Å²) in [7, 11) is 0. The molecular formula is C15H13BrN2OS. The maximum absolute atomic E-state index is 6.20. The molecular weight excluding hydrogens is 336 g/mol. The molecule has 1 aliphatic rings. The van der Waals surface area contributed by atoms with Crippen LogP contribution in [0, 0.1) is 5.92 Å². The molecule has 2 aromatic heterocycles. The molecule has 3 nitrogen and oxygen atoms in total. The van der Waals surface area contributed by atoms with Crippen LogP contribution in [-0.2, 0) is 0 Å². The first-order valence-electron chi connectivity index (χ1n) is 6.61. The summed E-state index contributed by atoms with van der Waals surface area (Å²) in [6, 6.07) is 8.11. The van der Waals surface area contributed by atoms with Gasteiger partial charge in [-0.15, -0.1) is 11.3 Å². The van der Waals surface area contributed by atoms with E-state index in [2.05, 4.69) is 20.9 Å². The van der Waals surface area contributed by atoms with E-state index in [0.717, 1.165) is 31.9 Å². The molecule has 1 saturated carbocycles. The fourth-order valence-corrected chi connectivity index (χ4v) is 3.63. The van der Waals surface area contributed by atoms with E-state index < -0.39 is 0 Å². The third-order valence-electron chi connectivity index (χ3n) is 3.67. The molecule has 0 saturated heterocycles. The Balaban J connectivity index is 1.71. The molecule has 102 valence electrons. The SMILES string of the molecule is NC(c1nc(-c2cc3cc(Br)ccc3o2)cs1)C1CC1. The van der Waals surface area contributed by atoms with Crippen molar-refractivity contribution in [3.63, 3.8) is 0 Å². The second-order valence-corrected chi connectivity index (χ2v) is 7.03. The van der Waals surface area contributed by atoms with Crippen LogP contribution >= 0.6 is 27.3 Å². The van der Waals surface area contributed by atoms with Crippen LogP contribution in [0.25, 0.3) is 22.4 Å². The summed E-state index contributed by atoms with van der Waals surface area (Å²) in [5.74, 6) is 1.43. The van der Waals surface area contributed by atoms with Crippen molar-refractivity contribution in [2.45, 2.75) is 18.9 Å². The van der Waals surface area contributed by atoms with Crippen molar-refractivity contribution >= 4 is 38.2 Å². The Kier molecular flexibility index (Phi) is 2.94. The van der Waals surface area contributed by atoms with Gasteiger partial charge in [0.25, 0.3) is 0 Å². The number of benzene rings is 1. The highest BCUT2D eigenvalue weighted by molar-refractivity contribution is 9.10. The van der Waals surface area contributed by atoms with Gasteiger partial charge in [-0.3, -0.25) is 0 Å². The lowest BCUT2D eigenvalue weighted by Gasteiger charge is -2.04. The second kappa shape index (κ2) is 4.69. The predicted molar refractivity (Wildman–Crippen MR) is 84.7 cm³/mol. The molecule has 3 aromatic rings. The standard InChI is InChI=1S/C15H13BrN2OS/c16-10-3-4-12-9(5-10)6-13(19-12)11-7-20-15(18-11)14(17)8-1-2-8/h3-8,14H,1-2,17H2. The zero-order valence-corrected chi connectivity index (χ0v) is 13.1. The van der Waals surface area contributed by atoms with Gasteiger partial charge in [0.1, 0.15) is 16.3 Å². The van der Waals surface area contributed by atoms with Crippen LogP contribution in [0.3, 0.4) is 0 Å². The number of halogens is 1. The van der Waals surface area contributed by atoms with Crippen LogP contribution < -0.4 is 5.73 Å². The summed E-state index contributed by atoms with van der Waals surface area (Å²) >= 11 is 5.10. The van der Waals surface area contributed by atoms with Gasteiger partial charge < -0.3 is 10.2 Å². The van der Waals surface area contributed by atoms with Crippen LogP contribution in [0.2, 0.25) is 0 Å². The maximum Gasteiger partial charge on any atom is 0.154 e. The fourth-order valence-electron chi connectivity index (χ4n) is 2.35. The van der Waals surface area contributed by atoms with E-state index in [0.29, 0.717) is 5.92 Å². The molecule has 1 aromatic carbocycles. The quantitative estimate of drug-likeness (QED) is 0.744. The third kappa shape index (κ3) is 2.20. The highest BCUT2D eigenvalue weighted by Crippen LogP contribution is 2.41. The van der Waals surface area contributed by atoms with E-state index in [-0.39, 0.29) is 6.04 Å². The zero-order chi connectivity index (χ0) is 13.7. The number of thiazole rings is 1. The molecule has 0 aliphatic heterocycles. The van der Waals surface area contributed by atoms with E-state index in [1.165, 1.54) is 12.8 Å². The average Bonchev–Trinajstić information content (AvgIpc) is 3.01. The number of rotatable bonds is 3. The van der Waals surface area contributed by atoms with Crippen molar-refractivity contribution in [2.24, 2.45) is 11.7 Å². The Morgan fingerprint density at radius 1 is 1.35 bits per heavy atom. The van der Waals surface area contributed by atoms with Gasteiger partial charge >= 0.3 is 0 Å². The van der Waals surface area contributed by atoms with E-state index in [4.69, 9.17) is 10.2 Å². The Morgan fingerprint density at radius 2 is 2.20 bits per heavy atom. The molecule has 2 heterocycles. The van der Waals surface area contributed by atoms with Crippen molar-refractivity contribution in [1.82, 2.24) is 4.98 Å². The molecule has 1 fully saturated rings. The molecule has 1 unspecified atom stereocenters. The van der Waals surface area contributed by atoms with Gasteiger partial charge in [-0.2, -0.15) is 0 Å². The van der Waals surface area contributed by atoms with E-state index in [9.17, 15) is 0 Å². The first-order valence-corrected chi connectivity index (χ1v) is 8.28. The van der Waals surface area contributed by atoms with Crippen molar-refractivity contribution in [2.75, 3.05) is 0 Å². The van der Waals surface area contributed by atoms with Crippen LogP contribution in [0.5, 0.6) is 0 Å². The highest BCUT2D eigenvalue weighted by atomic mass is 79.9. The number of aromatic nitrogens is 1. The number of hydrogen-bond acceptors (Lipinski definition) is 4. The van der Waals surface area contributed by atoms with Gasteiger partial charge in [-0.25, -0.2) is 4.98 Å². The normalized spacial score (nSPS) is 16.7. The molecule has 0 amide bonds. The van der Waals surface area contributed by atoms with Crippen LogP contribution in [0.1, 0.15) is 23.9 Å². The lowest BCUT2D eigenvalue weighted by atomic mass is 10.2. The number of hydrogen-bond donors (Lipinski definition) is 1. The minimum absolute atomic E-state index is 0.0901.